The summed E-state index contributed by atoms with van der Waals surface area (Å²) in [5.74, 6) is 0.883. The molecule has 0 atom stereocenters. The largest absolute Gasteiger partial charge is 0.429 e. The van der Waals surface area contributed by atoms with Crippen LogP contribution in [0.2, 0.25) is 5.22 Å². The van der Waals surface area contributed by atoms with Crippen LogP contribution < -0.4 is 10.2 Å². The number of anilines is 1. The van der Waals surface area contributed by atoms with E-state index in [4.69, 9.17) is 16.0 Å². The molecule has 1 fully saturated rings. The summed E-state index contributed by atoms with van der Waals surface area (Å²) in [5.41, 5.74) is 0. The molecule has 0 aromatic carbocycles. The Balaban J connectivity index is 2.06. The molecular formula is C9H13ClN2O. The van der Waals surface area contributed by atoms with Gasteiger partial charge in [0, 0.05) is 25.7 Å². The molecule has 2 heterocycles. The first-order valence-electron chi connectivity index (χ1n) is 4.57. The summed E-state index contributed by atoms with van der Waals surface area (Å²) in [5, 5.41) is 3.80. The zero-order chi connectivity index (χ0) is 9.10. The van der Waals surface area contributed by atoms with E-state index in [0.717, 1.165) is 38.5 Å². The lowest BCUT2D eigenvalue weighted by atomic mass is 10.4. The second kappa shape index (κ2) is 4.03. The first kappa shape index (κ1) is 8.91. The summed E-state index contributed by atoms with van der Waals surface area (Å²) >= 11 is 5.71. The predicted molar refractivity (Wildman–Crippen MR) is 53.4 cm³/mol. The number of nitrogens with zero attached hydrogens (tertiary/aromatic N) is 1. The molecule has 0 unspecified atom stereocenters. The Kier molecular flexibility index (Phi) is 2.76. The van der Waals surface area contributed by atoms with Crippen molar-refractivity contribution in [3.8, 4) is 0 Å². The van der Waals surface area contributed by atoms with Crippen LogP contribution in [-0.4, -0.2) is 26.2 Å². The number of nitrogens with one attached hydrogen (secondary N) is 1. The maximum atomic E-state index is 5.71. The Morgan fingerprint density at radius 2 is 2.23 bits per heavy atom. The Labute approximate surface area is 82.7 Å². The van der Waals surface area contributed by atoms with E-state index in [1.807, 2.05) is 6.07 Å². The summed E-state index contributed by atoms with van der Waals surface area (Å²) in [7, 11) is 0. The third-order valence-corrected chi connectivity index (χ3v) is 2.41. The van der Waals surface area contributed by atoms with Crippen LogP contribution in [0.4, 0.5) is 5.88 Å². The van der Waals surface area contributed by atoms with Crippen molar-refractivity contribution in [3.05, 3.63) is 17.4 Å². The first-order chi connectivity index (χ1) is 6.36. The fourth-order valence-electron chi connectivity index (χ4n) is 1.54. The molecule has 3 nitrogen and oxygen atoms in total. The zero-order valence-corrected chi connectivity index (χ0v) is 8.18. The van der Waals surface area contributed by atoms with E-state index in [2.05, 4.69) is 10.2 Å². The van der Waals surface area contributed by atoms with E-state index in [1.54, 1.807) is 6.07 Å². The maximum Gasteiger partial charge on any atom is 0.197 e. The average Bonchev–Trinajstić information content (AvgIpc) is 2.43. The van der Waals surface area contributed by atoms with Crippen LogP contribution in [0.5, 0.6) is 0 Å². The quantitative estimate of drug-likeness (QED) is 0.749. The highest BCUT2D eigenvalue weighted by Crippen LogP contribution is 2.22. The smallest absolute Gasteiger partial charge is 0.197 e. The Morgan fingerprint density at radius 1 is 1.31 bits per heavy atom. The molecule has 0 bridgehead atoms. The molecule has 0 radical (unpaired) electrons. The monoisotopic (exact) mass is 200 g/mol. The van der Waals surface area contributed by atoms with Crippen LogP contribution in [0.15, 0.2) is 16.5 Å². The van der Waals surface area contributed by atoms with Crippen molar-refractivity contribution in [3.63, 3.8) is 0 Å². The molecule has 0 saturated carbocycles. The topological polar surface area (TPSA) is 28.4 Å². The molecular weight excluding hydrogens is 188 g/mol. The fourth-order valence-corrected chi connectivity index (χ4v) is 1.68. The fraction of sp³-hybridized carbons (Fsp3) is 0.556. The van der Waals surface area contributed by atoms with Gasteiger partial charge in [-0.3, -0.25) is 0 Å². The van der Waals surface area contributed by atoms with Gasteiger partial charge >= 0.3 is 0 Å². The minimum absolute atomic E-state index is 0.465. The lowest BCUT2D eigenvalue weighted by molar-refractivity contribution is 0.548. The van der Waals surface area contributed by atoms with Crippen LogP contribution in [-0.2, 0) is 0 Å². The molecule has 1 aliphatic rings. The molecule has 1 saturated heterocycles. The van der Waals surface area contributed by atoms with Crippen LogP contribution in [0.25, 0.3) is 0 Å². The van der Waals surface area contributed by atoms with Crippen molar-refractivity contribution >= 4 is 17.5 Å². The number of rotatable bonds is 1. The standard InChI is InChI=1S/C9H13ClN2O/c10-8-2-3-9(13-8)12-6-1-4-11-5-7-12/h2-3,11H,1,4-7H2. The Bertz CT molecular complexity index is 266. The van der Waals surface area contributed by atoms with Crippen molar-refractivity contribution in [2.45, 2.75) is 6.42 Å². The van der Waals surface area contributed by atoms with Gasteiger partial charge < -0.3 is 14.6 Å². The Hall–Kier alpha value is -0.670. The molecule has 72 valence electrons. The van der Waals surface area contributed by atoms with Gasteiger partial charge in [-0.15, -0.1) is 0 Å². The van der Waals surface area contributed by atoms with Gasteiger partial charge in [0.05, 0.1) is 0 Å². The molecule has 13 heavy (non-hydrogen) atoms. The van der Waals surface area contributed by atoms with Crippen LogP contribution in [0.3, 0.4) is 0 Å². The van der Waals surface area contributed by atoms with Gasteiger partial charge in [0.15, 0.2) is 11.1 Å². The van der Waals surface area contributed by atoms with Crippen molar-refractivity contribution in [1.29, 1.82) is 0 Å². The van der Waals surface area contributed by atoms with E-state index in [0.29, 0.717) is 5.22 Å². The molecule has 1 N–H and O–H groups in total. The van der Waals surface area contributed by atoms with Gasteiger partial charge in [-0.25, -0.2) is 0 Å². The Morgan fingerprint density at radius 3 is 3.00 bits per heavy atom. The third kappa shape index (κ3) is 2.17. The highest BCUT2D eigenvalue weighted by molar-refractivity contribution is 6.28. The van der Waals surface area contributed by atoms with E-state index in [9.17, 15) is 0 Å². The SMILES string of the molecule is Clc1ccc(N2CCCNCC2)o1. The van der Waals surface area contributed by atoms with Gasteiger partial charge in [0.25, 0.3) is 0 Å². The van der Waals surface area contributed by atoms with Gasteiger partial charge in [-0.1, -0.05) is 0 Å². The molecule has 2 rings (SSSR count). The van der Waals surface area contributed by atoms with Gasteiger partial charge in [-0.05, 0) is 30.6 Å². The molecule has 0 aliphatic carbocycles. The highest BCUT2D eigenvalue weighted by atomic mass is 35.5. The lowest BCUT2D eigenvalue weighted by Gasteiger charge is -2.18. The van der Waals surface area contributed by atoms with Gasteiger partial charge in [-0.2, -0.15) is 0 Å². The summed E-state index contributed by atoms with van der Waals surface area (Å²) in [4.78, 5) is 2.21. The molecule has 1 aliphatic heterocycles. The lowest BCUT2D eigenvalue weighted by Crippen LogP contribution is -2.27. The number of hydrogen-bond acceptors (Lipinski definition) is 3. The number of halogens is 1. The van der Waals surface area contributed by atoms with Crippen molar-refractivity contribution in [1.82, 2.24) is 5.32 Å². The average molecular weight is 201 g/mol. The highest BCUT2D eigenvalue weighted by Gasteiger charge is 2.12. The minimum Gasteiger partial charge on any atom is -0.429 e. The van der Waals surface area contributed by atoms with Crippen molar-refractivity contribution < 1.29 is 4.42 Å². The second-order valence-electron chi connectivity index (χ2n) is 3.17. The molecule has 1 aromatic heterocycles. The normalized spacial score (nSPS) is 18.7. The van der Waals surface area contributed by atoms with Crippen LogP contribution in [0.1, 0.15) is 6.42 Å². The van der Waals surface area contributed by atoms with Crippen molar-refractivity contribution in [2.24, 2.45) is 0 Å². The predicted octanol–water partition coefficient (Wildman–Crippen LogP) is 1.73. The summed E-state index contributed by atoms with van der Waals surface area (Å²) in [6.45, 7) is 4.13. The number of hydrogen-bond donors (Lipinski definition) is 1. The molecule has 0 spiro atoms. The molecule has 0 amide bonds. The van der Waals surface area contributed by atoms with E-state index in [1.165, 1.54) is 0 Å². The minimum atomic E-state index is 0.465. The van der Waals surface area contributed by atoms with Crippen LogP contribution >= 0.6 is 11.6 Å². The van der Waals surface area contributed by atoms with E-state index < -0.39 is 0 Å². The summed E-state index contributed by atoms with van der Waals surface area (Å²) in [6.07, 6.45) is 1.15. The van der Waals surface area contributed by atoms with Crippen molar-refractivity contribution in [2.75, 3.05) is 31.1 Å². The molecule has 4 heteroatoms. The van der Waals surface area contributed by atoms with Gasteiger partial charge in [0.2, 0.25) is 0 Å². The molecule has 1 aromatic rings. The maximum absolute atomic E-state index is 5.71. The third-order valence-electron chi connectivity index (χ3n) is 2.21. The van der Waals surface area contributed by atoms with Gasteiger partial charge in [0.1, 0.15) is 0 Å². The number of furan rings is 1. The van der Waals surface area contributed by atoms with Crippen LogP contribution in [0, 0.1) is 0 Å². The zero-order valence-electron chi connectivity index (χ0n) is 7.42. The van der Waals surface area contributed by atoms with E-state index in [-0.39, 0.29) is 0 Å². The summed E-state index contributed by atoms with van der Waals surface area (Å²) < 4.78 is 5.34. The van der Waals surface area contributed by atoms with E-state index >= 15 is 0 Å². The summed E-state index contributed by atoms with van der Waals surface area (Å²) in [6, 6.07) is 3.71. The second-order valence-corrected chi connectivity index (χ2v) is 3.54. The first-order valence-corrected chi connectivity index (χ1v) is 4.95.